The van der Waals surface area contributed by atoms with E-state index in [9.17, 15) is 0 Å². The molecular formula is C24H24ClNO2. The van der Waals surface area contributed by atoms with E-state index in [2.05, 4.69) is 36.2 Å². The van der Waals surface area contributed by atoms with Crippen LogP contribution in [0.25, 0.3) is 11.1 Å². The molecule has 0 bridgehead atoms. The highest BCUT2D eigenvalue weighted by Crippen LogP contribution is 2.37. The van der Waals surface area contributed by atoms with Crippen LogP contribution in [0.1, 0.15) is 25.8 Å². The molecule has 0 saturated carbocycles. The van der Waals surface area contributed by atoms with Crippen molar-refractivity contribution in [3.8, 4) is 22.6 Å². The summed E-state index contributed by atoms with van der Waals surface area (Å²) in [5.41, 5.74) is 4.07. The van der Waals surface area contributed by atoms with Crippen LogP contribution in [0.4, 0.5) is 5.69 Å². The van der Waals surface area contributed by atoms with Crippen molar-refractivity contribution in [2.45, 2.75) is 26.4 Å². The van der Waals surface area contributed by atoms with Crippen LogP contribution < -0.4 is 9.47 Å². The Morgan fingerprint density at radius 2 is 1.68 bits per heavy atom. The molecule has 0 unspecified atom stereocenters. The fraction of sp³-hybridized carbons (Fsp3) is 0.208. The average molecular weight is 394 g/mol. The Balaban J connectivity index is 1.79. The van der Waals surface area contributed by atoms with Gasteiger partial charge in [-0.05, 0) is 54.3 Å². The molecule has 144 valence electrons. The molecule has 0 spiro atoms. The summed E-state index contributed by atoms with van der Waals surface area (Å²) in [5, 5.41) is 0.514. The fourth-order valence-electron chi connectivity index (χ4n) is 2.73. The summed E-state index contributed by atoms with van der Waals surface area (Å²) in [7, 11) is 1.61. The molecule has 1 atom stereocenters. The van der Waals surface area contributed by atoms with Crippen molar-refractivity contribution in [2.75, 3.05) is 7.11 Å². The maximum Gasteiger partial charge on any atom is 0.180 e. The van der Waals surface area contributed by atoms with Crippen LogP contribution >= 0.6 is 11.6 Å². The van der Waals surface area contributed by atoms with E-state index in [-0.39, 0.29) is 6.10 Å². The van der Waals surface area contributed by atoms with E-state index in [0.717, 1.165) is 23.2 Å². The minimum absolute atomic E-state index is 0.0639. The van der Waals surface area contributed by atoms with Crippen molar-refractivity contribution in [2.24, 2.45) is 4.99 Å². The van der Waals surface area contributed by atoms with Crippen LogP contribution in [-0.4, -0.2) is 19.4 Å². The topological polar surface area (TPSA) is 30.8 Å². The Morgan fingerprint density at radius 3 is 2.32 bits per heavy atom. The number of nitrogens with zero attached hydrogens (tertiary/aromatic N) is 1. The molecule has 0 amide bonds. The lowest BCUT2D eigenvalue weighted by Crippen LogP contribution is -2.11. The molecule has 0 aliphatic rings. The predicted octanol–water partition coefficient (Wildman–Crippen LogP) is 6.94. The van der Waals surface area contributed by atoms with Gasteiger partial charge in [-0.1, -0.05) is 61.0 Å². The SMILES string of the molecule is CC[C@H](C)Oc1c(Cl)cc(C=Nc2ccc(-c3ccccc3)cc2)cc1OC. The Kier molecular flexibility index (Phi) is 6.72. The zero-order valence-corrected chi connectivity index (χ0v) is 17.1. The monoisotopic (exact) mass is 393 g/mol. The quantitative estimate of drug-likeness (QED) is 0.407. The minimum Gasteiger partial charge on any atom is -0.493 e. The third-order valence-electron chi connectivity index (χ3n) is 4.48. The first-order chi connectivity index (χ1) is 13.6. The van der Waals surface area contributed by atoms with Crippen molar-refractivity contribution in [1.82, 2.24) is 0 Å². The normalized spacial score (nSPS) is 12.1. The average Bonchev–Trinajstić information content (AvgIpc) is 2.74. The third kappa shape index (κ3) is 4.93. The Labute approximate surface area is 171 Å². The van der Waals surface area contributed by atoms with Gasteiger partial charge in [0.15, 0.2) is 11.5 Å². The number of hydrogen-bond donors (Lipinski definition) is 0. The molecule has 3 nitrogen and oxygen atoms in total. The predicted molar refractivity (Wildman–Crippen MR) is 118 cm³/mol. The number of aliphatic imine (C=N–C) groups is 1. The summed E-state index contributed by atoms with van der Waals surface area (Å²) in [6, 6.07) is 22.1. The molecule has 0 radical (unpaired) electrons. The number of halogens is 1. The van der Waals surface area contributed by atoms with Crippen LogP contribution in [-0.2, 0) is 0 Å². The lowest BCUT2D eigenvalue weighted by molar-refractivity contribution is 0.208. The van der Waals surface area contributed by atoms with Gasteiger partial charge < -0.3 is 9.47 Å². The molecule has 4 heteroatoms. The summed E-state index contributed by atoms with van der Waals surface area (Å²) in [6.07, 6.45) is 2.73. The molecule has 3 aromatic carbocycles. The number of rotatable bonds is 7. The van der Waals surface area contributed by atoms with Crippen LogP contribution in [0.15, 0.2) is 71.7 Å². The molecule has 0 aliphatic carbocycles. The molecule has 0 heterocycles. The zero-order chi connectivity index (χ0) is 19.9. The van der Waals surface area contributed by atoms with E-state index in [1.807, 2.05) is 49.4 Å². The van der Waals surface area contributed by atoms with Crippen molar-refractivity contribution in [3.05, 3.63) is 77.3 Å². The van der Waals surface area contributed by atoms with Crippen LogP contribution in [0.5, 0.6) is 11.5 Å². The molecule has 3 aromatic rings. The fourth-order valence-corrected chi connectivity index (χ4v) is 3.00. The second kappa shape index (κ2) is 9.43. The van der Waals surface area contributed by atoms with Crippen LogP contribution in [0.3, 0.4) is 0 Å². The minimum atomic E-state index is 0.0639. The molecule has 0 aliphatic heterocycles. The smallest absolute Gasteiger partial charge is 0.180 e. The molecule has 28 heavy (non-hydrogen) atoms. The lowest BCUT2D eigenvalue weighted by atomic mass is 10.1. The van der Waals surface area contributed by atoms with Gasteiger partial charge in [0.2, 0.25) is 0 Å². The third-order valence-corrected chi connectivity index (χ3v) is 4.76. The summed E-state index contributed by atoms with van der Waals surface area (Å²) >= 11 is 6.42. The van der Waals surface area contributed by atoms with Gasteiger partial charge in [0.05, 0.1) is 23.9 Å². The summed E-state index contributed by atoms with van der Waals surface area (Å²) in [5.74, 6) is 1.18. The molecule has 0 saturated heterocycles. The van der Waals surface area contributed by atoms with Gasteiger partial charge in [-0.3, -0.25) is 4.99 Å². The Bertz CT molecular complexity index is 937. The van der Waals surface area contributed by atoms with Gasteiger partial charge in [0.1, 0.15) is 0 Å². The van der Waals surface area contributed by atoms with Crippen LogP contribution in [0.2, 0.25) is 5.02 Å². The first kappa shape index (κ1) is 20.0. The van der Waals surface area contributed by atoms with E-state index in [1.165, 1.54) is 5.56 Å². The standard InChI is InChI=1S/C24H24ClNO2/c1-4-17(2)28-24-22(25)14-18(15-23(24)27-3)16-26-21-12-10-20(11-13-21)19-8-6-5-7-9-19/h5-17H,4H2,1-3H3/t17-/m0/s1. The molecular weight excluding hydrogens is 370 g/mol. The van der Waals surface area contributed by atoms with Gasteiger partial charge in [-0.15, -0.1) is 0 Å². The van der Waals surface area contributed by atoms with Crippen LogP contribution in [0, 0.1) is 0 Å². The number of methoxy groups -OCH3 is 1. The number of hydrogen-bond acceptors (Lipinski definition) is 3. The van der Waals surface area contributed by atoms with Crippen molar-refractivity contribution < 1.29 is 9.47 Å². The number of benzene rings is 3. The summed E-state index contributed by atoms with van der Waals surface area (Å²) in [6.45, 7) is 4.07. The van der Waals surface area contributed by atoms with E-state index >= 15 is 0 Å². The van der Waals surface area contributed by atoms with Gasteiger partial charge in [0.25, 0.3) is 0 Å². The molecule has 3 rings (SSSR count). The van der Waals surface area contributed by atoms with Crippen molar-refractivity contribution in [3.63, 3.8) is 0 Å². The van der Waals surface area contributed by atoms with E-state index in [4.69, 9.17) is 21.1 Å². The highest BCUT2D eigenvalue weighted by molar-refractivity contribution is 6.32. The van der Waals surface area contributed by atoms with Gasteiger partial charge in [-0.25, -0.2) is 0 Å². The van der Waals surface area contributed by atoms with Crippen molar-refractivity contribution >= 4 is 23.5 Å². The first-order valence-corrected chi connectivity index (χ1v) is 9.72. The highest BCUT2D eigenvalue weighted by Gasteiger charge is 2.14. The molecule has 0 fully saturated rings. The zero-order valence-electron chi connectivity index (χ0n) is 16.4. The second-order valence-electron chi connectivity index (χ2n) is 6.54. The lowest BCUT2D eigenvalue weighted by Gasteiger charge is -2.17. The Hall–Kier alpha value is -2.78. The highest BCUT2D eigenvalue weighted by atomic mass is 35.5. The summed E-state index contributed by atoms with van der Waals surface area (Å²) in [4.78, 5) is 4.55. The maximum atomic E-state index is 6.42. The number of ether oxygens (including phenoxy) is 2. The Morgan fingerprint density at radius 1 is 1.00 bits per heavy atom. The van der Waals surface area contributed by atoms with Gasteiger partial charge in [-0.2, -0.15) is 0 Å². The molecule has 0 aromatic heterocycles. The largest absolute Gasteiger partial charge is 0.493 e. The van der Waals surface area contributed by atoms with E-state index in [1.54, 1.807) is 13.3 Å². The second-order valence-corrected chi connectivity index (χ2v) is 6.95. The molecule has 0 N–H and O–H groups in total. The van der Waals surface area contributed by atoms with E-state index in [0.29, 0.717) is 16.5 Å². The summed E-state index contributed by atoms with van der Waals surface area (Å²) < 4.78 is 11.3. The van der Waals surface area contributed by atoms with E-state index < -0.39 is 0 Å². The van der Waals surface area contributed by atoms with Crippen molar-refractivity contribution in [1.29, 1.82) is 0 Å². The van der Waals surface area contributed by atoms with Gasteiger partial charge in [0, 0.05) is 6.21 Å². The van der Waals surface area contributed by atoms with Gasteiger partial charge >= 0.3 is 0 Å². The first-order valence-electron chi connectivity index (χ1n) is 9.34. The maximum absolute atomic E-state index is 6.42.